The fourth-order valence-electron chi connectivity index (χ4n) is 0.364. The summed E-state index contributed by atoms with van der Waals surface area (Å²) in [7, 11) is 0. The third-order valence-electron chi connectivity index (χ3n) is 0.734. The number of hydrogen-bond donors (Lipinski definition) is 1. The Bertz CT molecular complexity index is 149. The summed E-state index contributed by atoms with van der Waals surface area (Å²) in [5, 5.41) is 16.7. The molecule has 3 nitrogen and oxygen atoms in total. The second-order valence-corrected chi connectivity index (χ2v) is 2.32. The summed E-state index contributed by atoms with van der Waals surface area (Å²) in [6, 6.07) is 0. The van der Waals surface area contributed by atoms with Crippen LogP contribution >= 0.6 is 11.3 Å². The van der Waals surface area contributed by atoms with Gasteiger partial charge in [-0.05, 0) is 6.92 Å². The molecular formula is C4H6N2OS. The third kappa shape index (κ3) is 1.02. The van der Waals surface area contributed by atoms with Crippen LogP contribution in [0.4, 0.5) is 0 Å². The average molecular weight is 130 g/mol. The maximum atomic E-state index is 8.82. The summed E-state index contributed by atoms with van der Waals surface area (Å²) < 4.78 is 0. The smallest absolute Gasteiger partial charge is 0.145 e. The van der Waals surface area contributed by atoms with Crippen LogP contribution < -0.4 is 0 Å². The van der Waals surface area contributed by atoms with Gasteiger partial charge in [0.15, 0.2) is 0 Å². The minimum atomic E-state index is -0.470. The Morgan fingerprint density at radius 2 is 2.62 bits per heavy atom. The minimum absolute atomic E-state index is 0.470. The second kappa shape index (κ2) is 2.19. The van der Waals surface area contributed by atoms with E-state index in [4.69, 9.17) is 5.11 Å². The number of hydrogen-bond acceptors (Lipinski definition) is 4. The Morgan fingerprint density at radius 1 is 1.88 bits per heavy atom. The quantitative estimate of drug-likeness (QED) is 0.605. The van der Waals surface area contributed by atoms with E-state index in [1.165, 1.54) is 11.3 Å². The second-order valence-electron chi connectivity index (χ2n) is 1.45. The molecule has 0 radical (unpaired) electrons. The summed E-state index contributed by atoms with van der Waals surface area (Å²) in [5.74, 6) is 0. The van der Waals surface area contributed by atoms with E-state index in [1.807, 2.05) is 0 Å². The van der Waals surface area contributed by atoms with Gasteiger partial charge < -0.3 is 5.11 Å². The molecule has 0 aromatic carbocycles. The van der Waals surface area contributed by atoms with Crippen LogP contribution in [0.15, 0.2) is 5.51 Å². The van der Waals surface area contributed by atoms with Gasteiger partial charge in [-0.3, -0.25) is 0 Å². The minimum Gasteiger partial charge on any atom is -0.386 e. The largest absolute Gasteiger partial charge is 0.386 e. The Morgan fingerprint density at radius 3 is 2.88 bits per heavy atom. The third-order valence-corrected chi connectivity index (χ3v) is 1.60. The Kier molecular flexibility index (Phi) is 1.55. The van der Waals surface area contributed by atoms with Crippen LogP contribution in [0.5, 0.6) is 0 Å². The molecule has 0 fully saturated rings. The van der Waals surface area contributed by atoms with Crippen molar-refractivity contribution in [1.82, 2.24) is 10.2 Å². The van der Waals surface area contributed by atoms with Crippen molar-refractivity contribution < 1.29 is 5.11 Å². The summed E-state index contributed by atoms with van der Waals surface area (Å²) in [6.45, 7) is 1.67. The van der Waals surface area contributed by atoms with E-state index in [0.29, 0.717) is 5.01 Å². The average Bonchev–Trinajstić information content (AvgIpc) is 2.12. The molecule has 0 aliphatic carbocycles. The standard InChI is InChI=1S/C4H6N2OS/c1-3(7)4-6-5-2-8-4/h2-3,7H,1H3/t3-/m1/s1. The van der Waals surface area contributed by atoms with Gasteiger partial charge in [-0.1, -0.05) is 0 Å². The van der Waals surface area contributed by atoms with E-state index < -0.39 is 6.10 Å². The van der Waals surface area contributed by atoms with Gasteiger partial charge >= 0.3 is 0 Å². The molecule has 0 saturated carbocycles. The topological polar surface area (TPSA) is 46.0 Å². The lowest BCUT2D eigenvalue weighted by Gasteiger charge is -1.91. The first-order chi connectivity index (χ1) is 3.80. The summed E-state index contributed by atoms with van der Waals surface area (Å²) in [4.78, 5) is 0. The molecule has 1 aromatic rings. The van der Waals surface area contributed by atoms with Gasteiger partial charge in [-0.25, -0.2) is 0 Å². The summed E-state index contributed by atoms with van der Waals surface area (Å²) in [6.07, 6.45) is -0.470. The molecular weight excluding hydrogens is 124 g/mol. The number of aliphatic hydroxyl groups excluding tert-OH is 1. The molecule has 0 unspecified atom stereocenters. The van der Waals surface area contributed by atoms with Crippen molar-refractivity contribution >= 4 is 11.3 Å². The van der Waals surface area contributed by atoms with E-state index in [0.717, 1.165) is 0 Å². The maximum Gasteiger partial charge on any atom is 0.145 e. The molecule has 0 aliphatic rings. The van der Waals surface area contributed by atoms with Crippen LogP contribution in [0.3, 0.4) is 0 Å². The lowest BCUT2D eigenvalue weighted by Crippen LogP contribution is -1.87. The van der Waals surface area contributed by atoms with Gasteiger partial charge in [0.05, 0.1) is 0 Å². The molecule has 1 heterocycles. The first-order valence-electron chi connectivity index (χ1n) is 2.25. The van der Waals surface area contributed by atoms with Gasteiger partial charge in [0.1, 0.15) is 16.6 Å². The van der Waals surface area contributed by atoms with Crippen molar-refractivity contribution in [2.45, 2.75) is 13.0 Å². The summed E-state index contributed by atoms with van der Waals surface area (Å²) >= 11 is 1.36. The first kappa shape index (κ1) is 5.65. The fraction of sp³-hybridized carbons (Fsp3) is 0.500. The zero-order valence-corrected chi connectivity index (χ0v) is 5.22. The van der Waals surface area contributed by atoms with Crippen molar-refractivity contribution in [3.8, 4) is 0 Å². The molecule has 1 atom stereocenters. The predicted octanol–water partition coefficient (Wildman–Crippen LogP) is 0.591. The molecule has 1 N–H and O–H groups in total. The number of rotatable bonds is 1. The van der Waals surface area contributed by atoms with Crippen molar-refractivity contribution in [3.63, 3.8) is 0 Å². The molecule has 0 saturated heterocycles. The maximum absolute atomic E-state index is 8.82. The number of nitrogens with zero attached hydrogens (tertiary/aromatic N) is 2. The van der Waals surface area contributed by atoms with Crippen LogP contribution in [0.1, 0.15) is 18.0 Å². The molecule has 1 aromatic heterocycles. The Labute approximate surface area is 51.0 Å². The van der Waals surface area contributed by atoms with E-state index in [1.54, 1.807) is 12.4 Å². The molecule has 8 heavy (non-hydrogen) atoms. The molecule has 0 aliphatic heterocycles. The van der Waals surface area contributed by atoms with Crippen molar-refractivity contribution in [2.24, 2.45) is 0 Å². The van der Waals surface area contributed by atoms with E-state index in [9.17, 15) is 0 Å². The van der Waals surface area contributed by atoms with Crippen molar-refractivity contribution in [2.75, 3.05) is 0 Å². The SMILES string of the molecule is C[C@@H](O)c1nncs1. The van der Waals surface area contributed by atoms with Crippen LogP contribution in [0, 0.1) is 0 Å². The highest BCUT2D eigenvalue weighted by Crippen LogP contribution is 2.11. The molecule has 0 bridgehead atoms. The monoisotopic (exact) mass is 130 g/mol. The zero-order chi connectivity index (χ0) is 5.98. The van der Waals surface area contributed by atoms with Gasteiger partial charge in [0.25, 0.3) is 0 Å². The van der Waals surface area contributed by atoms with Crippen LogP contribution in [-0.2, 0) is 0 Å². The van der Waals surface area contributed by atoms with Crippen LogP contribution in [-0.4, -0.2) is 15.3 Å². The molecule has 1 rings (SSSR count). The number of aliphatic hydroxyl groups is 1. The highest BCUT2D eigenvalue weighted by molar-refractivity contribution is 7.09. The van der Waals surface area contributed by atoms with Crippen molar-refractivity contribution in [3.05, 3.63) is 10.5 Å². The number of aromatic nitrogens is 2. The van der Waals surface area contributed by atoms with Gasteiger partial charge in [0.2, 0.25) is 0 Å². The normalized spacial score (nSPS) is 13.8. The van der Waals surface area contributed by atoms with Gasteiger partial charge in [-0.2, -0.15) is 0 Å². The van der Waals surface area contributed by atoms with Crippen LogP contribution in [0.25, 0.3) is 0 Å². The lowest BCUT2D eigenvalue weighted by atomic mass is 10.4. The first-order valence-corrected chi connectivity index (χ1v) is 3.13. The van der Waals surface area contributed by atoms with Gasteiger partial charge in [-0.15, -0.1) is 21.5 Å². The Balaban J connectivity index is 2.77. The van der Waals surface area contributed by atoms with Crippen molar-refractivity contribution in [1.29, 1.82) is 0 Å². The Hall–Kier alpha value is -0.480. The van der Waals surface area contributed by atoms with Gasteiger partial charge in [0, 0.05) is 0 Å². The lowest BCUT2D eigenvalue weighted by molar-refractivity contribution is 0.198. The molecule has 4 heteroatoms. The van der Waals surface area contributed by atoms with E-state index in [-0.39, 0.29) is 0 Å². The highest BCUT2D eigenvalue weighted by Gasteiger charge is 2.01. The van der Waals surface area contributed by atoms with E-state index in [2.05, 4.69) is 10.2 Å². The van der Waals surface area contributed by atoms with E-state index >= 15 is 0 Å². The highest BCUT2D eigenvalue weighted by atomic mass is 32.1. The fourth-order valence-corrected chi connectivity index (χ4v) is 0.857. The predicted molar refractivity (Wildman–Crippen MR) is 30.5 cm³/mol. The zero-order valence-electron chi connectivity index (χ0n) is 4.40. The molecule has 0 spiro atoms. The molecule has 0 amide bonds. The molecule has 44 valence electrons. The van der Waals surface area contributed by atoms with Crippen LogP contribution in [0.2, 0.25) is 0 Å². The summed E-state index contributed by atoms with van der Waals surface area (Å²) in [5.41, 5.74) is 1.60.